The lowest BCUT2D eigenvalue weighted by molar-refractivity contribution is -0.648. The summed E-state index contributed by atoms with van der Waals surface area (Å²) in [5, 5.41) is 9.71. The quantitative estimate of drug-likeness (QED) is 0.485. The van der Waals surface area contributed by atoms with E-state index in [1.54, 1.807) is 16.0 Å². The summed E-state index contributed by atoms with van der Waals surface area (Å²) in [6.45, 7) is 4.17. The Morgan fingerprint density at radius 1 is 1.55 bits per heavy atom. The first-order chi connectivity index (χ1) is 5.16. The van der Waals surface area contributed by atoms with Crippen molar-refractivity contribution in [3.05, 3.63) is 15.6 Å². The fourth-order valence-corrected chi connectivity index (χ4v) is 1.95. The van der Waals surface area contributed by atoms with E-state index in [-0.39, 0.29) is 6.61 Å². The number of hydrogen-bond donors (Lipinski definition) is 2. The van der Waals surface area contributed by atoms with Crippen molar-refractivity contribution in [3.63, 3.8) is 0 Å². The van der Waals surface area contributed by atoms with Crippen LogP contribution in [0, 0.1) is 13.8 Å². The Labute approximate surface area is 70.1 Å². The van der Waals surface area contributed by atoms with Gasteiger partial charge in [0.25, 0.3) is 5.01 Å². The van der Waals surface area contributed by atoms with Crippen molar-refractivity contribution in [1.29, 1.82) is 0 Å². The van der Waals surface area contributed by atoms with Gasteiger partial charge >= 0.3 is 0 Å². The summed E-state index contributed by atoms with van der Waals surface area (Å²) in [5.74, 6) is 5.71. The zero-order valence-corrected chi connectivity index (χ0v) is 7.61. The van der Waals surface area contributed by atoms with Gasteiger partial charge in [0.05, 0.1) is 17.9 Å². The topological polar surface area (TPSA) is 50.1 Å². The molecule has 0 atom stereocenters. The summed E-state index contributed by atoms with van der Waals surface area (Å²) in [6, 6.07) is 0. The predicted molar refractivity (Wildman–Crippen MR) is 44.9 cm³/mol. The SMILES string of the molecule is Cc1sc(CCO)[n+](N)c1C. The van der Waals surface area contributed by atoms with Gasteiger partial charge in [0, 0.05) is 6.92 Å². The van der Waals surface area contributed by atoms with Crippen molar-refractivity contribution in [3.8, 4) is 0 Å². The molecule has 1 aromatic heterocycles. The molecule has 1 rings (SSSR count). The molecule has 0 unspecified atom stereocenters. The molecular formula is C7H13N2OS+. The van der Waals surface area contributed by atoms with E-state index in [4.69, 9.17) is 10.9 Å². The highest BCUT2D eigenvalue weighted by molar-refractivity contribution is 7.11. The Balaban J connectivity index is 2.98. The molecule has 0 radical (unpaired) electrons. The average molecular weight is 173 g/mol. The van der Waals surface area contributed by atoms with Crippen LogP contribution in [0.2, 0.25) is 0 Å². The zero-order chi connectivity index (χ0) is 8.43. The smallest absolute Gasteiger partial charge is 0.269 e. The van der Waals surface area contributed by atoms with Gasteiger partial charge in [-0.05, 0) is 6.92 Å². The minimum atomic E-state index is 0.163. The van der Waals surface area contributed by atoms with Crippen molar-refractivity contribution in [1.82, 2.24) is 0 Å². The molecule has 0 saturated carbocycles. The van der Waals surface area contributed by atoms with Gasteiger partial charge in [-0.15, -0.1) is 0 Å². The Hall–Kier alpha value is -0.610. The zero-order valence-electron chi connectivity index (χ0n) is 6.79. The van der Waals surface area contributed by atoms with E-state index in [2.05, 4.69) is 0 Å². The predicted octanol–water partition coefficient (Wildman–Crippen LogP) is -0.0990. The maximum atomic E-state index is 8.68. The lowest BCUT2D eigenvalue weighted by Gasteiger charge is -1.87. The molecule has 62 valence electrons. The molecule has 3 nitrogen and oxygen atoms in total. The summed E-state index contributed by atoms with van der Waals surface area (Å²) in [5.41, 5.74) is 1.08. The number of aryl methyl sites for hydroxylation is 1. The molecule has 11 heavy (non-hydrogen) atoms. The van der Waals surface area contributed by atoms with Gasteiger partial charge in [0.1, 0.15) is 0 Å². The van der Waals surface area contributed by atoms with Crippen LogP contribution in [0.4, 0.5) is 0 Å². The van der Waals surface area contributed by atoms with Crippen LogP contribution < -0.4 is 10.5 Å². The van der Waals surface area contributed by atoms with E-state index >= 15 is 0 Å². The van der Waals surface area contributed by atoms with E-state index in [1.807, 2.05) is 13.8 Å². The maximum Gasteiger partial charge on any atom is 0.269 e. The molecule has 0 fully saturated rings. The van der Waals surface area contributed by atoms with Crippen molar-refractivity contribution >= 4 is 11.3 Å². The Bertz CT molecular complexity index is 257. The molecule has 0 amide bonds. The van der Waals surface area contributed by atoms with E-state index in [9.17, 15) is 0 Å². The number of nitrogens with zero attached hydrogens (tertiary/aromatic N) is 1. The Kier molecular flexibility index (Phi) is 2.46. The molecule has 0 aromatic carbocycles. The lowest BCUT2D eigenvalue weighted by Crippen LogP contribution is -2.48. The van der Waals surface area contributed by atoms with Gasteiger partial charge in [-0.3, -0.25) is 0 Å². The second kappa shape index (κ2) is 3.19. The van der Waals surface area contributed by atoms with E-state index in [0.29, 0.717) is 6.42 Å². The Morgan fingerprint density at radius 3 is 2.55 bits per heavy atom. The molecule has 0 aliphatic rings. The third-order valence-corrected chi connectivity index (χ3v) is 2.97. The summed E-state index contributed by atoms with van der Waals surface area (Å²) in [6.07, 6.45) is 0.649. The fraction of sp³-hybridized carbons (Fsp3) is 0.571. The van der Waals surface area contributed by atoms with Gasteiger partial charge in [-0.2, -0.15) is 0 Å². The standard InChI is InChI=1S/C7H13N2OS/c1-5-6(2)11-7(3-4-10)9(5)8/h10H,3-4,8H2,1-2H3/q+1. The third kappa shape index (κ3) is 1.52. The van der Waals surface area contributed by atoms with Gasteiger partial charge in [0.2, 0.25) is 5.69 Å². The highest BCUT2D eigenvalue weighted by Gasteiger charge is 2.17. The summed E-state index contributed by atoms with van der Waals surface area (Å²) < 4.78 is 1.65. The van der Waals surface area contributed by atoms with Gasteiger partial charge in [-0.1, -0.05) is 16.0 Å². The molecule has 3 N–H and O–H groups in total. The Morgan fingerprint density at radius 2 is 2.18 bits per heavy atom. The van der Waals surface area contributed by atoms with Crippen LogP contribution in [0.3, 0.4) is 0 Å². The molecule has 0 bridgehead atoms. The number of nitrogens with two attached hydrogens (primary N) is 1. The molecule has 1 heterocycles. The molecule has 4 heteroatoms. The number of hydrogen-bond acceptors (Lipinski definition) is 3. The minimum absolute atomic E-state index is 0.163. The largest absolute Gasteiger partial charge is 0.396 e. The molecule has 0 saturated heterocycles. The van der Waals surface area contributed by atoms with Crippen molar-refractivity contribution in [2.75, 3.05) is 12.4 Å². The monoisotopic (exact) mass is 173 g/mol. The number of rotatable bonds is 2. The van der Waals surface area contributed by atoms with E-state index in [1.165, 1.54) is 4.88 Å². The van der Waals surface area contributed by atoms with Crippen molar-refractivity contribution < 1.29 is 9.78 Å². The second-order valence-electron chi connectivity index (χ2n) is 2.48. The normalized spacial score (nSPS) is 10.5. The summed E-state index contributed by atoms with van der Waals surface area (Å²) in [7, 11) is 0. The highest BCUT2D eigenvalue weighted by atomic mass is 32.1. The molecule has 0 aliphatic carbocycles. The molecule has 0 spiro atoms. The second-order valence-corrected chi connectivity index (χ2v) is 3.77. The van der Waals surface area contributed by atoms with Crippen LogP contribution in [0.5, 0.6) is 0 Å². The van der Waals surface area contributed by atoms with Crippen LogP contribution >= 0.6 is 11.3 Å². The lowest BCUT2D eigenvalue weighted by atomic mass is 10.4. The van der Waals surface area contributed by atoms with Crippen LogP contribution in [-0.4, -0.2) is 11.7 Å². The summed E-state index contributed by atoms with van der Waals surface area (Å²) in [4.78, 5) is 1.22. The van der Waals surface area contributed by atoms with Crippen LogP contribution in [0.1, 0.15) is 15.6 Å². The molecular weight excluding hydrogens is 160 g/mol. The van der Waals surface area contributed by atoms with Gasteiger partial charge in [-0.25, -0.2) is 5.84 Å². The number of aromatic nitrogens is 1. The van der Waals surface area contributed by atoms with E-state index < -0.39 is 0 Å². The molecule has 1 aromatic rings. The average Bonchev–Trinajstić information content (AvgIpc) is 2.19. The number of aliphatic hydroxyl groups excluding tert-OH is 1. The van der Waals surface area contributed by atoms with Crippen molar-refractivity contribution in [2.45, 2.75) is 20.3 Å². The fourth-order valence-electron chi connectivity index (χ4n) is 0.924. The number of nitrogen functional groups attached to an aromatic ring is 1. The van der Waals surface area contributed by atoms with Crippen LogP contribution in [-0.2, 0) is 6.42 Å². The van der Waals surface area contributed by atoms with Crippen molar-refractivity contribution in [2.24, 2.45) is 0 Å². The minimum Gasteiger partial charge on any atom is -0.396 e. The first-order valence-electron chi connectivity index (χ1n) is 3.53. The first kappa shape index (κ1) is 8.49. The van der Waals surface area contributed by atoms with Gasteiger partial charge < -0.3 is 5.11 Å². The van der Waals surface area contributed by atoms with Crippen LogP contribution in [0.25, 0.3) is 0 Å². The first-order valence-corrected chi connectivity index (χ1v) is 4.35. The molecule has 0 aliphatic heterocycles. The van der Waals surface area contributed by atoms with Crippen LogP contribution in [0.15, 0.2) is 0 Å². The highest BCUT2D eigenvalue weighted by Crippen LogP contribution is 2.13. The van der Waals surface area contributed by atoms with E-state index in [0.717, 1.165) is 10.7 Å². The third-order valence-electron chi connectivity index (χ3n) is 1.74. The number of thiazole rings is 1. The summed E-state index contributed by atoms with van der Waals surface area (Å²) >= 11 is 1.64. The maximum absolute atomic E-state index is 8.68. The van der Waals surface area contributed by atoms with Gasteiger partial charge in [0.15, 0.2) is 0 Å². The number of aliphatic hydroxyl groups is 1.